The second-order valence-electron chi connectivity index (χ2n) is 12.2. The van der Waals surface area contributed by atoms with E-state index in [2.05, 4.69) is 27.2 Å². The molecular formula is C31H40FN3O5S. The topological polar surface area (TPSA) is 101 Å². The van der Waals surface area contributed by atoms with Gasteiger partial charge in [0.25, 0.3) is 0 Å². The molecule has 1 saturated heterocycles. The first kappa shape index (κ1) is 29.5. The summed E-state index contributed by atoms with van der Waals surface area (Å²) in [5.74, 6) is 0.139. The van der Waals surface area contributed by atoms with Crippen molar-refractivity contribution in [2.24, 2.45) is 23.2 Å². The normalized spacial score (nSPS) is 27.2. The Hall–Kier alpha value is -2.98. The van der Waals surface area contributed by atoms with E-state index in [9.17, 15) is 18.8 Å². The molecule has 5 aliphatic rings. The Morgan fingerprint density at radius 1 is 1.00 bits per heavy atom. The van der Waals surface area contributed by atoms with E-state index < -0.39 is 11.9 Å². The summed E-state index contributed by atoms with van der Waals surface area (Å²) in [4.78, 5) is 35.7. The number of fused-ring (bicyclic) bond motifs is 1. The van der Waals surface area contributed by atoms with Crippen molar-refractivity contribution in [2.45, 2.75) is 58.3 Å². The van der Waals surface area contributed by atoms with Crippen LogP contribution in [0.1, 0.15) is 58.3 Å². The molecule has 1 aliphatic heterocycles. The maximum atomic E-state index is 14.2. The van der Waals surface area contributed by atoms with Gasteiger partial charge in [0.2, 0.25) is 5.91 Å². The number of thiophene rings is 1. The standard InChI is InChI=1S/C27H36FN3OS.C4H4O4/c1-2-3-6-31(26(32)27-15-19-11-20(16-27)13-21(12-19)17-27)30-9-7-29(8-10-30)24-18-33-25-14-22(28)4-5-23(24)25;5-3(6)1-2-4(7)8/h4-5,14,18-21H,2-3,6-13,15-17H2,1H3;1-2H,(H,5,6)(H,7,8)/b;2-1-. The molecule has 4 saturated carbocycles. The molecule has 5 fully saturated rings. The molecule has 7 rings (SSSR count). The number of rotatable bonds is 8. The predicted molar refractivity (Wildman–Crippen MR) is 157 cm³/mol. The number of amides is 1. The van der Waals surface area contributed by atoms with E-state index in [1.807, 2.05) is 6.07 Å². The van der Waals surface area contributed by atoms with Crippen molar-refractivity contribution in [1.29, 1.82) is 0 Å². The lowest BCUT2D eigenvalue weighted by atomic mass is 9.49. The number of anilines is 1. The van der Waals surface area contributed by atoms with Gasteiger partial charge in [0, 0.05) is 60.3 Å². The van der Waals surface area contributed by atoms with E-state index in [4.69, 9.17) is 10.2 Å². The molecule has 222 valence electrons. The van der Waals surface area contributed by atoms with Crippen molar-refractivity contribution >= 4 is 45.0 Å². The molecule has 1 amide bonds. The van der Waals surface area contributed by atoms with Crippen LogP contribution in [0.4, 0.5) is 10.1 Å². The van der Waals surface area contributed by atoms with E-state index in [1.165, 1.54) is 24.9 Å². The van der Waals surface area contributed by atoms with E-state index in [-0.39, 0.29) is 11.2 Å². The number of benzene rings is 1. The third-order valence-corrected chi connectivity index (χ3v) is 10.2. The van der Waals surface area contributed by atoms with Gasteiger partial charge in [0.1, 0.15) is 5.82 Å². The van der Waals surface area contributed by atoms with Crippen LogP contribution >= 0.6 is 11.3 Å². The second-order valence-corrected chi connectivity index (χ2v) is 13.1. The van der Waals surface area contributed by atoms with E-state index in [0.29, 0.717) is 18.1 Å². The number of aliphatic carboxylic acids is 2. The first-order valence-corrected chi connectivity index (χ1v) is 15.7. The number of nitrogens with zero attached hydrogens (tertiary/aromatic N) is 3. The van der Waals surface area contributed by atoms with Crippen molar-refractivity contribution < 1.29 is 29.0 Å². The third-order valence-electron chi connectivity index (χ3n) is 9.27. The Balaban J connectivity index is 0.000000372. The van der Waals surface area contributed by atoms with Crippen LogP contribution < -0.4 is 4.90 Å². The summed E-state index contributed by atoms with van der Waals surface area (Å²) in [6.45, 7) is 6.63. The zero-order valence-corrected chi connectivity index (χ0v) is 24.5. The minimum absolute atomic E-state index is 0.0761. The molecule has 1 aromatic heterocycles. The highest BCUT2D eigenvalue weighted by molar-refractivity contribution is 7.17. The highest BCUT2D eigenvalue weighted by Gasteiger charge is 2.56. The molecule has 2 aromatic rings. The minimum atomic E-state index is -1.26. The molecule has 8 nitrogen and oxygen atoms in total. The van der Waals surface area contributed by atoms with Crippen molar-refractivity contribution in [3.63, 3.8) is 0 Å². The average molecular weight is 586 g/mol. The summed E-state index contributed by atoms with van der Waals surface area (Å²) in [6.07, 6.45) is 10.8. The maximum Gasteiger partial charge on any atom is 0.328 e. The Bertz CT molecular complexity index is 1250. The van der Waals surface area contributed by atoms with E-state index in [1.54, 1.807) is 23.5 Å². The van der Waals surface area contributed by atoms with Gasteiger partial charge in [-0.1, -0.05) is 13.3 Å². The van der Waals surface area contributed by atoms with Gasteiger partial charge < -0.3 is 15.1 Å². The lowest BCUT2D eigenvalue weighted by Crippen LogP contribution is -2.61. The fourth-order valence-electron chi connectivity index (χ4n) is 7.88. The Morgan fingerprint density at radius 2 is 1.59 bits per heavy atom. The molecule has 41 heavy (non-hydrogen) atoms. The average Bonchev–Trinajstić information content (AvgIpc) is 3.35. The van der Waals surface area contributed by atoms with E-state index in [0.717, 1.165) is 92.7 Å². The number of carboxylic acid groups (broad SMARTS) is 2. The number of carbonyl (C=O) groups excluding carboxylic acids is 1. The number of hydrogen-bond donors (Lipinski definition) is 2. The van der Waals surface area contributed by atoms with Crippen molar-refractivity contribution in [3.8, 4) is 0 Å². The van der Waals surface area contributed by atoms with Crippen LogP contribution in [0, 0.1) is 29.0 Å². The van der Waals surface area contributed by atoms with Crippen LogP contribution in [0.2, 0.25) is 0 Å². The third kappa shape index (κ3) is 6.59. The predicted octanol–water partition coefficient (Wildman–Crippen LogP) is 5.63. The fourth-order valence-corrected chi connectivity index (χ4v) is 8.87. The number of carboxylic acids is 2. The summed E-state index contributed by atoms with van der Waals surface area (Å²) >= 11 is 1.62. The van der Waals surface area contributed by atoms with Crippen molar-refractivity contribution in [2.75, 3.05) is 37.6 Å². The maximum absolute atomic E-state index is 14.2. The van der Waals surface area contributed by atoms with Gasteiger partial charge in [-0.3, -0.25) is 9.80 Å². The Morgan fingerprint density at radius 3 is 2.12 bits per heavy atom. The first-order chi connectivity index (χ1) is 19.7. The van der Waals surface area contributed by atoms with Crippen LogP contribution in [-0.2, 0) is 14.4 Å². The first-order valence-electron chi connectivity index (χ1n) is 14.8. The summed E-state index contributed by atoms with van der Waals surface area (Å²) in [7, 11) is 0. The Kier molecular flexibility index (Phi) is 8.99. The quantitative estimate of drug-likeness (QED) is 0.387. The fraction of sp³-hybridized carbons (Fsp3) is 0.581. The summed E-state index contributed by atoms with van der Waals surface area (Å²) < 4.78 is 14.6. The van der Waals surface area contributed by atoms with Gasteiger partial charge in [-0.15, -0.1) is 11.3 Å². The number of unbranched alkanes of at least 4 members (excludes halogenated alkanes) is 1. The van der Waals surface area contributed by atoms with Gasteiger partial charge in [-0.2, -0.15) is 0 Å². The molecule has 0 radical (unpaired) electrons. The molecule has 10 heteroatoms. The molecule has 4 aliphatic carbocycles. The molecule has 0 unspecified atom stereocenters. The smallest absolute Gasteiger partial charge is 0.328 e. The number of halogens is 1. The van der Waals surface area contributed by atoms with Crippen molar-refractivity contribution in [3.05, 3.63) is 41.5 Å². The van der Waals surface area contributed by atoms with E-state index >= 15 is 0 Å². The zero-order chi connectivity index (χ0) is 29.1. The SMILES string of the molecule is CCCCN(C(=O)C12CC3CC(CC(C3)C1)C2)N1CCN(c2csc3cc(F)ccc23)CC1.O=C(O)/C=C\C(=O)O. The molecule has 4 bridgehead atoms. The molecule has 2 N–H and O–H groups in total. The minimum Gasteiger partial charge on any atom is -0.478 e. The van der Waals surface area contributed by atoms with Crippen molar-refractivity contribution in [1.82, 2.24) is 10.0 Å². The highest BCUT2D eigenvalue weighted by Crippen LogP contribution is 2.60. The van der Waals surface area contributed by atoms with Crippen LogP contribution in [0.15, 0.2) is 35.7 Å². The largest absolute Gasteiger partial charge is 0.478 e. The summed E-state index contributed by atoms with van der Waals surface area (Å²) in [5.41, 5.74) is 1.13. The number of hydrazine groups is 1. The molecule has 1 aromatic carbocycles. The molecule has 0 spiro atoms. The van der Waals surface area contributed by atoms with Gasteiger partial charge in [-0.05, 0) is 80.9 Å². The summed E-state index contributed by atoms with van der Waals surface area (Å²) in [6, 6.07) is 5.11. The van der Waals surface area contributed by atoms with Crippen LogP contribution in [0.25, 0.3) is 10.1 Å². The van der Waals surface area contributed by atoms with Gasteiger partial charge in [0.05, 0.1) is 11.1 Å². The van der Waals surface area contributed by atoms with Crippen LogP contribution in [0.5, 0.6) is 0 Å². The highest BCUT2D eigenvalue weighted by atomic mass is 32.1. The number of carbonyl (C=O) groups is 3. The van der Waals surface area contributed by atoms with Gasteiger partial charge in [0.15, 0.2) is 0 Å². The molecule has 2 heterocycles. The zero-order valence-electron chi connectivity index (χ0n) is 23.6. The van der Waals surface area contributed by atoms with Crippen LogP contribution in [-0.4, -0.2) is 70.8 Å². The van der Waals surface area contributed by atoms with Gasteiger partial charge in [-0.25, -0.2) is 19.0 Å². The summed E-state index contributed by atoms with van der Waals surface area (Å²) in [5, 5.41) is 23.5. The monoisotopic (exact) mass is 585 g/mol. The van der Waals surface area contributed by atoms with Crippen LogP contribution in [0.3, 0.4) is 0 Å². The lowest BCUT2D eigenvalue weighted by Gasteiger charge is -2.57. The number of hydrogen-bond acceptors (Lipinski definition) is 6. The van der Waals surface area contributed by atoms with Gasteiger partial charge >= 0.3 is 11.9 Å². The Labute approximate surface area is 244 Å². The second kappa shape index (κ2) is 12.5. The number of piperazine rings is 1. The lowest BCUT2D eigenvalue weighted by molar-refractivity contribution is -0.176. The molecule has 0 atom stereocenters. The molecular weight excluding hydrogens is 545 g/mol.